The number of pyridine rings is 2. The highest BCUT2D eigenvalue weighted by molar-refractivity contribution is 6.32. The van der Waals surface area contributed by atoms with Gasteiger partial charge in [0.15, 0.2) is 0 Å². The lowest BCUT2D eigenvalue weighted by Gasteiger charge is -2.09. The number of hydrogen-bond acceptors (Lipinski definition) is 5. The third kappa shape index (κ3) is 4.85. The summed E-state index contributed by atoms with van der Waals surface area (Å²) in [5.74, 6) is -0.687. The Hall–Kier alpha value is -4.43. The van der Waals surface area contributed by atoms with Crippen molar-refractivity contribution in [1.29, 1.82) is 0 Å². The summed E-state index contributed by atoms with van der Waals surface area (Å²) in [4.78, 5) is 21.9. The summed E-state index contributed by atoms with van der Waals surface area (Å²) < 4.78 is 14.8. The number of carbonyl (C=O) groups is 1. The molecule has 1 amide bonds. The molecule has 3 aromatic heterocycles. The molecule has 0 atom stereocenters. The minimum absolute atomic E-state index is 0.306. The number of hydrogen-bond donors (Lipinski definition) is 1. The molecular formula is C27H20ClFN6O. The summed E-state index contributed by atoms with van der Waals surface area (Å²) in [5.41, 5.74) is 7.32. The van der Waals surface area contributed by atoms with Crippen molar-refractivity contribution in [3.8, 4) is 11.3 Å². The van der Waals surface area contributed by atoms with Crippen molar-refractivity contribution in [2.45, 2.75) is 13.5 Å². The first kappa shape index (κ1) is 23.3. The van der Waals surface area contributed by atoms with Gasteiger partial charge >= 0.3 is 0 Å². The SMILES string of the molecule is Cc1nn(Cc2ccc(F)cc2)c(Cl)c1/C=N\NC(=O)c1cc(-c2ccncc2)nc2ccccc12. The highest BCUT2D eigenvalue weighted by Gasteiger charge is 2.15. The van der Waals surface area contributed by atoms with E-state index in [1.54, 1.807) is 42.2 Å². The lowest BCUT2D eigenvalue weighted by molar-refractivity contribution is 0.0956. The van der Waals surface area contributed by atoms with Crippen molar-refractivity contribution in [3.05, 3.63) is 112 Å². The molecule has 0 saturated heterocycles. The Morgan fingerprint density at radius 3 is 2.64 bits per heavy atom. The molecule has 3 heterocycles. The summed E-state index contributed by atoms with van der Waals surface area (Å²) >= 11 is 6.52. The minimum atomic E-state index is -0.382. The maximum absolute atomic E-state index is 13.2. The van der Waals surface area contributed by atoms with Gasteiger partial charge in [-0.25, -0.2) is 19.5 Å². The maximum Gasteiger partial charge on any atom is 0.272 e. The van der Waals surface area contributed by atoms with Gasteiger partial charge in [0.25, 0.3) is 5.91 Å². The van der Waals surface area contributed by atoms with E-state index in [1.807, 2.05) is 36.4 Å². The molecule has 178 valence electrons. The highest BCUT2D eigenvalue weighted by Crippen LogP contribution is 2.25. The van der Waals surface area contributed by atoms with Crippen LogP contribution in [-0.2, 0) is 6.54 Å². The smallest absolute Gasteiger partial charge is 0.267 e. The van der Waals surface area contributed by atoms with E-state index >= 15 is 0 Å². The molecule has 0 aliphatic heterocycles. The number of para-hydroxylation sites is 1. The van der Waals surface area contributed by atoms with Gasteiger partial charge in [0.05, 0.1) is 40.8 Å². The maximum atomic E-state index is 13.2. The normalized spacial score (nSPS) is 11.3. The Bertz CT molecular complexity index is 1580. The van der Waals surface area contributed by atoms with Gasteiger partial charge in [0.2, 0.25) is 0 Å². The predicted molar refractivity (Wildman–Crippen MR) is 138 cm³/mol. The summed E-state index contributed by atoms with van der Waals surface area (Å²) in [6.45, 7) is 2.18. The van der Waals surface area contributed by atoms with Crippen LogP contribution in [0, 0.1) is 12.7 Å². The largest absolute Gasteiger partial charge is 0.272 e. The van der Waals surface area contributed by atoms with Crippen molar-refractivity contribution in [3.63, 3.8) is 0 Å². The zero-order valence-corrected chi connectivity index (χ0v) is 19.9. The van der Waals surface area contributed by atoms with Gasteiger partial charge in [-0.3, -0.25) is 9.78 Å². The average molecular weight is 499 g/mol. The van der Waals surface area contributed by atoms with E-state index in [-0.39, 0.29) is 11.7 Å². The number of amides is 1. The Balaban J connectivity index is 1.39. The molecule has 1 N–H and O–H groups in total. The van der Waals surface area contributed by atoms with Crippen molar-refractivity contribution in [2.75, 3.05) is 0 Å². The van der Waals surface area contributed by atoms with E-state index in [0.29, 0.717) is 45.1 Å². The Labute approximate surface area is 211 Å². The molecule has 0 unspecified atom stereocenters. The predicted octanol–water partition coefficient (Wildman–Crippen LogP) is 5.41. The lowest BCUT2D eigenvalue weighted by Crippen LogP contribution is -2.18. The van der Waals surface area contributed by atoms with Gasteiger partial charge in [-0.05, 0) is 48.9 Å². The molecule has 5 aromatic rings. The topological polar surface area (TPSA) is 85.1 Å². The number of halogens is 2. The van der Waals surface area contributed by atoms with E-state index in [0.717, 1.165) is 11.1 Å². The van der Waals surface area contributed by atoms with Crippen LogP contribution >= 0.6 is 11.6 Å². The molecule has 5 rings (SSSR count). The quantitative estimate of drug-likeness (QED) is 0.251. The van der Waals surface area contributed by atoms with Crippen molar-refractivity contribution >= 4 is 34.6 Å². The van der Waals surface area contributed by atoms with Crippen LogP contribution < -0.4 is 5.43 Å². The second-order valence-electron chi connectivity index (χ2n) is 8.08. The Morgan fingerprint density at radius 1 is 1.11 bits per heavy atom. The van der Waals surface area contributed by atoms with Crippen LogP contribution in [0.4, 0.5) is 4.39 Å². The van der Waals surface area contributed by atoms with Crippen LogP contribution in [0.5, 0.6) is 0 Å². The van der Waals surface area contributed by atoms with Gasteiger partial charge in [-0.1, -0.05) is 41.9 Å². The number of fused-ring (bicyclic) bond motifs is 1. The second kappa shape index (κ2) is 10.1. The summed E-state index contributed by atoms with van der Waals surface area (Å²) in [7, 11) is 0. The fraction of sp³-hybridized carbons (Fsp3) is 0.0741. The first-order valence-electron chi connectivity index (χ1n) is 11.1. The molecule has 0 fully saturated rings. The van der Waals surface area contributed by atoms with Crippen LogP contribution in [0.15, 0.2) is 84.2 Å². The van der Waals surface area contributed by atoms with Gasteiger partial charge in [0.1, 0.15) is 11.0 Å². The molecule has 0 aliphatic carbocycles. The second-order valence-corrected chi connectivity index (χ2v) is 8.44. The molecule has 7 nitrogen and oxygen atoms in total. The van der Waals surface area contributed by atoms with Crippen molar-refractivity contribution < 1.29 is 9.18 Å². The van der Waals surface area contributed by atoms with Crippen LogP contribution in [-0.4, -0.2) is 31.9 Å². The van der Waals surface area contributed by atoms with E-state index in [1.165, 1.54) is 18.3 Å². The van der Waals surface area contributed by atoms with Crippen LogP contribution in [0.2, 0.25) is 5.15 Å². The molecule has 0 aliphatic rings. The average Bonchev–Trinajstić information content (AvgIpc) is 3.17. The third-order valence-corrected chi connectivity index (χ3v) is 6.05. The monoisotopic (exact) mass is 498 g/mol. The van der Waals surface area contributed by atoms with Crippen molar-refractivity contribution in [2.24, 2.45) is 5.10 Å². The fourth-order valence-corrected chi connectivity index (χ4v) is 4.11. The number of hydrazone groups is 1. The van der Waals surface area contributed by atoms with Crippen molar-refractivity contribution in [1.82, 2.24) is 25.2 Å². The number of benzene rings is 2. The highest BCUT2D eigenvalue weighted by atomic mass is 35.5. The number of aryl methyl sites for hydroxylation is 1. The lowest BCUT2D eigenvalue weighted by atomic mass is 10.0. The molecule has 9 heteroatoms. The molecular weight excluding hydrogens is 479 g/mol. The number of aromatic nitrogens is 4. The van der Waals surface area contributed by atoms with E-state index in [4.69, 9.17) is 11.6 Å². The van der Waals surface area contributed by atoms with Crippen LogP contribution in [0.1, 0.15) is 27.2 Å². The van der Waals surface area contributed by atoms with Crippen LogP contribution in [0.3, 0.4) is 0 Å². The zero-order chi connectivity index (χ0) is 25.1. The van der Waals surface area contributed by atoms with E-state index < -0.39 is 0 Å². The standard InChI is InChI=1S/C27H20ClFN6O/c1-17-23(26(28)35(34-17)16-18-6-8-20(29)9-7-18)15-31-33-27(36)22-14-25(19-10-12-30-13-11-19)32-24-5-3-2-4-21(22)24/h2-15H,16H2,1H3,(H,33,36)/b31-15-. The molecule has 0 radical (unpaired) electrons. The van der Waals surface area contributed by atoms with Gasteiger partial charge in [-0.15, -0.1) is 0 Å². The molecule has 0 spiro atoms. The van der Waals surface area contributed by atoms with E-state index in [2.05, 4.69) is 25.6 Å². The fourth-order valence-electron chi connectivity index (χ4n) is 3.83. The molecule has 0 bridgehead atoms. The first-order chi connectivity index (χ1) is 17.5. The first-order valence-corrected chi connectivity index (χ1v) is 11.5. The van der Waals surface area contributed by atoms with Gasteiger partial charge < -0.3 is 0 Å². The number of nitrogens with zero attached hydrogens (tertiary/aromatic N) is 5. The summed E-state index contributed by atoms with van der Waals surface area (Å²) in [5, 5.41) is 9.66. The number of rotatable bonds is 6. The Morgan fingerprint density at radius 2 is 1.86 bits per heavy atom. The van der Waals surface area contributed by atoms with Crippen LogP contribution in [0.25, 0.3) is 22.2 Å². The minimum Gasteiger partial charge on any atom is -0.267 e. The molecule has 0 saturated carbocycles. The summed E-state index contributed by atoms with van der Waals surface area (Å²) in [6, 6.07) is 19.0. The van der Waals surface area contributed by atoms with Gasteiger partial charge in [0, 0.05) is 23.3 Å². The zero-order valence-electron chi connectivity index (χ0n) is 19.2. The number of carbonyl (C=O) groups excluding carboxylic acids is 1. The van der Waals surface area contributed by atoms with Gasteiger partial charge in [-0.2, -0.15) is 10.2 Å². The third-order valence-electron chi connectivity index (χ3n) is 5.65. The number of nitrogens with one attached hydrogen (secondary N) is 1. The molecule has 36 heavy (non-hydrogen) atoms. The molecule has 2 aromatic carbocycles. The van der Waals surface area contributed by atoms with E-state index in [9.17, 15) is 9.18 Å². The summed E-state index contributed by atoms with van der Waals surface area (Å²) in [6.07, 6.45) is 4.83. The Kier molecular flexibility index (Phi) is 6.51.